The van der Waals surface area contributed by atoms with Gasteiger partial charge in [0.15, 0.2) is 0 Å². The SMILES string of the molecule is [C-]#[N+]c1cc(-c2ccccn2)cc(C#N)c1F. The zero-order valence-corrected chi connectivity index (χ0v) is 8.68. The minimum absolute atomic E-state index is 0.140. The summed E-state index contributed by atoms with van der Waals surface area (Å²) in [6.45, 7) is 6.87. The standard InChI is InChI=1S/C13H6FN3/c1-16-12-7-9(6-10(8-15)13(12)14)11-4-2-3-5-17-11/h2-7H. The number of nitrogens with zero attached hydrogens (tertiary/aromatic N) is 3. The summed E-state index contributed by atoms with van der Waals surface area (Å²) < 4.78 is 13.5. The van der Waals surface area contributed by atoms with Crippen LogP contribution in [-0.4, -0.2) is 4.98 Å². The normalized spacial score (nSPS) is 9.35. The van der Waals surface area contributed by atoms with E-state index in [4.69, 9.17) is 11.8 Å². The minimum Gasteiger partial charge on any atom is -0.256 e. The molecule has 80 valence electrons. The third-order valence-electron chi connectivity index (χ3n) is 2.25. The van der Waals surface area contributed by atoms with Gasteiger partial charge in [-0.25, -0.2) is 9.24 Å². The van der Waals surface area contributed by atoms with Crippen LogP contribution in [0.25, 0.3) is 16.1 Å². The molecule has 1 aromatic heterocycles. The Bertz CT molecular complexity index is 601. The molecule has 0 fully saturated rings. The minimum atomic E-state index is -0.776. The fraction of sp³-hybridized carbons (Fsp3) is 0. The molecule has 0 aliphatic heterocycles. The average Bonchev–Trinajstić information content (AvgIpc) is 2.40. The molecule has 0 atom stereocenters. The average molecular weight is 223 g/mol. The Morgan fingerprint density at radius 2 is 2.18 bits per heavy atom. The molecule has 0 saturated carbocycles. The Hall–Kier alpha value is -2.72. The zero-order valence-electron chi connectivity index (χ0n) is 8.68. The molecule has 0 aliphatic carbocycles. The molecule has 0 N–H and O–H groups in total. The third kappa shape index (κ3) is 1.97. The largest absolute Gasteiger partial charge is 0.256 e. The molecule has 3 nitrogen and oxygen atoms in total. The molecule has 0 saturated heterocycles. The molecular formula is C13H6FN3. The Morgan fingerprint density at radius 1 is 1.35 bits per heavy atom. The van der Waals surface area contributed by atoms with Gasteiger partial charge in [-0.05, 0) is 29.8 Å². The van der Waals surface area contributed by atoms with E-state index in [0.29, 0.717) is 11.3 Å². The second-order valence-electron chi connectivity index (χ2n) is 3.30. The van der Waals surface area contributed by atoms with Crippen LogP contribution in [0.1, 0.15) is 5.56 Å². The Labute approximate surface area is 97.6 Å². The van der Waals surface area contributed by atoms with Crippen molar-refractivity contribution in [2.45, 2.75) is 0 Å². The molecule has 0 aliphatic rings. The fourth-order valence-corrected chi connectivity index (χ4v) is 1.45. The van der Waals surface area contributed by atoms with Gasteiger partial charge in [0.05, 0.1) is 17.8 Å². The Kier molecular flexibility index (Phi) is 2.81. The van der Waals surface area contributed by atoms with Gasteiger partial charge in [0.25, 0.3) is 0 Å². The van der Waals surface area contributed by atoms with Gasteiger partial charge in [0.2, 0.25) is 5.69 Å². The quantitative estimate of drug-likeness (QED) is 0.696. The van der Waals surface area contributed by atoms with Crippen LogP contribution in [-0.2, 0) is 0 Å². The maximum atomic E-state index is 13.5. The van der Waals surface area contributed by atoms with E-state index in [-0.39, 0.29) is 11.3 Å². The number of rotatable bonds is 1. The van der Waals surface area contributed by atoms with Crippen molar-refractivity contribution in [3.05, 3.63) is 59.3 Å². The highest BCUT2D eigenvalue weighted by atomic mass is 19.1. The lowest BCUT2D eigenvalue weighted by Crippen LogP contribution is -1.88. The van der Waals surface area contributed by atoms with E-state index in [9.17, 15) is 4.39 Å². The van der Waals surface area contributed by atoms with Gasteiger partial charge in [-0.2, -0.15) is 5.26 Å². The fourth-order valence-electron chi connectivity index (χ4n) is 1.45. The summed E-state index contributed by atoms with van der Waals surface area (Å²) in [7, 11) is 0. The van der Waals surface area contributed by atoms with Gasteiger partial charge < -0.3 is 0 Å². The van der Waals surface area contributed by atoms with Crippen LogP contribution in [0.15, 0.2) is 36.5 Å². The molecule has 2 rings (SSSR count). The number of halogens is 1. The van der Waals surface area contributed by atoms with Crippen LogP contribution < -0.4 is 0 Å². The lowest BCUT2D eigenvalue weighted by Gasteiger charge is -2.03. The highest BCUT2D eigenvalue weighted by Crippen LogP contribution is 2.28. The van der Waals surface area contributed by atoms with Crippen LogP contribution >= 0.6 is 0 Å². The van der Waals surface area contributed by atoms with Gasteiger partial charge in [-0.15, -0.1) is 0 Å². The molecular weight excluding hydrogens is 217 g/mol. The summed E-state index contributed by atoms with van der Waals surface area (Å²) in [5.74, 6) is -0.776. The number of nitriles is 1. The number of benzene rings is 1. The van der Waals surface area contributed by atoms with Gasteiger partial charge in [-0.3, -0.25) is 4.98 Å². The summed E-state index contributed by atoms with van der Waals surface area (Å²) in [5.41, 5.74) is 0.868. The summed E-state index contributed by atoms with van der Waals surface area (Å²) in [4.78, 5) is 7.16. The molecule has 2 aromatic rings. The lowest BCUT2D eigenvalue weighted by molar-refractivity contribution is 0.630. The summed E-state index contributed by atoms with van der Waals surface area (Å²) in [6, 6.07) is 9.81. The molecule has 17 heavy (non-hydrogen) atoms. The van der Waals surface area contributed by atoms with Gasteiger partial charge in [-0.1, -0.05) is 6.07 Å². The number of aromatic nitrogens is 1. The van der Waals surface area contributed by atoms with E-state index in [2.05, 4.69) is 9.83 Å². The first-order valence-electron chi connectivity index (χ1n) is 4.78. The first-order chi connectivity index (χ1) is 8.26. The van der Waals surface area contributed by atoms with Crippen LogP contribution in [0.5, 0.6) is 0 Å². The monoisotopic (exact) mass is 223 g/mol. The van der Waals surface area contributed by atoms with Crippen molar-refractivity contribution in [3.8, 4) is 17.3 Å². The maximum absolute atomic E-state index is 13.5. The van der Waals surface area contributed by atoms with Crippen molar-refractivity contribution in [2.75, 3.05) is 0 Å². The van der Waals surface area contributed by atoms with E-state index >= 15 is 0 Å². The predicted octanol–water partition coefficient (Wildman–Crippen LogP) is 3.31. The van der Waals surface area contributed by atoms with E-state index in [1.165, 1.54) is 12.1 Å². The second-order valence-corrected chi connectivity index (χ2v) is 3.30. The first kappa shape index (κ1) is 10.8. The van der Waals surface area contributed by atoms with E-state index in [1.54, 1.807) is 30.5 Å². The van der Waals surface area contributed by atoms with Crippen molar-refractivity contribution in [1.82, 2.24) is 4.98 Å². The molecule has 0 bridgehead atoms. The van der Waals surface area contributed by atoms with Gasteiger partial charge >= 0.3 is 0 Å². The number of pyridine rings is 1. The van der Waals surface area contributed by atoms with Crippen LogP contribution in [0.4, 0.5) is 10.1 Å². The maximum Gasteiger partial charge on any atom is 0.224 e. The van der Waals surface area contributed by atoms with Gasteiger partial charge in [0.1, 0.15) is 11.9 Å². The van der Waals surface area contributed by atoms with Crippen molar-refractivity contribution < 1.29 is 4.39 Å². The summed E-state index contributed by atoms with van der Waals surface area (Å²) >= 11 is 0. The first-order valence-corrected chi connectivity index (χ1v) is 4.78. The van der Waals surface area contributed by atoms with E-state index in [0.717, 1.165) is 0 Å². The number of hydrogen-bond acceptors (Lipinski definition) is 2. The van der Waals surface area contributed by atoms with Crippen LogP contribution in [0.2, 0.25) is 0 Å². The van der Waals surface area contributed by atoms with E-state index in [1.807, 2.05) is 0 Å². The van der Waals surface area contributed by atoms with Crippen molar-refractivity contribution in [1.29, 1.82) is 5.26 Å². The van der Waals surface area contributed by atoms with Crippen molar-refractivity contribution >= 4 is 5.69 Å². The smallest absolute Gasteiger partial charge is 0.224 e. The highest BCUT2D eigenvalue weighted by Gasteiger charge is 2.11. The molecule has 1 heterocycles. The zero-order chi connectivity index (χ0) is 12.3. The number of hydrogen-bond donors (Lipinski definition) is 0. The van der Waals surface area contributed by atoms with Gasteiger partial charge in [0, 0.05) is 6.20 Å². The van der Waals surface area contributed by atoms with E-state index < -0.39 is 5.82 Å². The summed E-state index contributed by atoms with van der Waals surface area (Å²) in [5, 5.41) is 8.80. The van der Waals surface area contributed by atoms with Crippen LogP contribution in [0, 0.1) is 23.7 Å². The molecule has 1 aromatic carbocycles. The van der Waals surface area contributed by atoms with Crippen molar-refractivity contribution in [2.24, 2.45) is 0 Å². The van der Waals surface area contributed by atoms with Crippen molar-refractivity contribution in [3.63, 3.8) is 0 Å². The Morgan fingerprint density at radius 3 is 2.76 bits per heavy atom. The predicted molar refractivity (Wildman–Crippen MR) is 60.6 cm³/mol. The van der Waals surface area contributed by atoms with Crippen LogP contribution in [0.3, 0.4) is 0 Å². The molecule has 0 spiro atoms. The molecule has 0 amide bonds. The molecule has 0 radical (unpaired) electrons. The third-order valence-corrected chi connectivity index (χ3v) is 2.25. The topological polar surface area (TPSA) is 41.0 Å². The second kappa shape index (κ2) is 4.42. The highest BCUT2D eigenvalue weighted by molar-refractivity contribution is 5.69. The molecule has 4 heteroatoms. The molecule has 0 unspecified atom stereocenters. The Balaban J connectivity index is 2.67. The lowest BCUT2D eigenvalue weighted by atomic mass is 10.1. The summed E-state index contributed by atoms with van der Waals surface area (Å²) in [6.07, 6.45) is 1.60.